The van der Waals surface area contributed by atoms with Gasteiger partial charge in [0, 0.05) is 67.0 Å². The average Bonchev–Trinajstić information content (AvgIpc) is 3.76. The van der Waals surface area contributed by atoms with Crippen LogP contribution in [0.3, 0.4) is 0 Å². The molecule has 0 bridgehead atoms. The van der Waals surface area contributed by atoms with Gasteiger partial charge in [-0.15, -0.1) is 0 Å². The predicted molar refractivity (Wildman–Crippen MR) is 189 cm³/mol. The number of nitriles is 1. The summed E-state index contributed by atoms with van der Waals surface area (Å²) >= 11 is 0. The Bertz CT molecular complexity index is 2350. The van der Waals surface area contributed by atoms with Crippen LogP contribution in [0.2, 0.25) is 0 Å². The number of fused-ring (bicyclic) bond motifs is 4. The lowest BCUT2D eigenvalue weighted by atomic mass is 9.66. The van der Waals surface area contributed by atoms with Gasteiger partial charge in [0.1, 0.15) is 0 Å². The number of piperidine rings is 1. The van der Waals surface area contributed by atoms with Gasteiger partial charge in [0.2, 0.25) is 5.91 Å². The normalized spacial score (nSPS) is 21.4. The second-order valence-corrected chi connectivity index (χ2v) is 15.6. The molecule has 14 heteroatoms. The van der Waals surface area contributed by atoms with Crippen molar-refractivity contribution >= 4 is 38.7 Å². The molecule has 0 unspecified atom stereocenters. The minimum Gasteiger partial charge on any atom is -0.465 e. The number of likely N-dealkylation sites (tertiary alicyclic amines) is 1. The van der Waals surface area contributed by atoms with Crippen LogP contribution >= 0.6 is 0 Å². The van der Waals surface area contributed by atoms with Crippen LogP contribution < -0.4 is 10.2 Å². The summed E-state index contributed by atoms with van der Waals surface area (Å²) < 4.78 is 32.5. The molecule has 260 valence electrons. The highest BCUT2D eigenvalue weighted by Gasteiger charge is 2.57. The van der Waals surface area contributed by atoms with Crippen LogP contribution in [-0.2, 0) is 27.3 Å². The third kappa shape index (κ3) is 4.86. The fourth-order valence-electron chi connectivity index (χ4n) is 8.73. The van der Waals surface area contributed by atoms with E-state index in [0.717, 1.165) is 11.1 Å². The lowest BCUT2D eigenvalue weighted by molar-refractivity contribution is -0.126. The molecule has 5 heterocycles. The van der Waals surface area contributed by atoms with Gasteiger partial charge in [-0.3, -0.25) is 14.4 Å². The number of benzene rings is 2. The number of pyridine rings is 1. The molecule has 2 N–H and O–H groups in total. The average molecular weight is 705 g/mol. The number of nitrogens with one attached hydrogen (secondary N) is 1. The summed E-state index contributed by atoms with van der Waals surface area (Å²) in [4.78, 5) is 34.7. The van der Waals surface area contributed by atoms with Crippen LogP contribution in [0.5, 0.6) is 0 Å². The maximum atomic E-state index is 14.8. The summed E-state index contributed by atoms with van der Waals surface area (Å²) in [6.45, 7) is 1.01. The summed E-state index contributed by atoms with van der Waals surface area (Å²) in [5.41, 5.74) is 2.54. The molecule has 2 fully saturated rings. The highest BCUT2D eigenvalue weighted by molar-refractivity contribution is 7.90. The highest BCUT2D eigenvalue weighted by Crippen LogP contribution is 2.55. The molecule has 1 spiro atoms. The van der Waals surface area contributed by atoms with Gasteiger partial charge in [-0.2, -0.15) is 10.4 Å². The standard InChI is InChI=1S/C37H36N8O5S/c1-42-23-25(21-40-42)32-29(24-9-5-3-6-10-24)30-31-28(22-39-33(30)45(32)51(49,50)27-11-7-4-8-12-27)43(2)34(46)37(31)14-17-44(18-15-37)36(13-16-38)19-26(20-36)41-35(47)48/h3-12,21-23,26,41H,13-15,17-20H2,1-2H3,(H,47,48). The molecule has 3 aromatic heterocycles. The minimum atomic E-state index is -4.22. The zero-order chi connectivity index (χ0) is 35.7. The first-order valence-corrected chi connectivity index (χ1v) is 18.3. The van der Waals surface area contributed by atoms with Crippen molar-refractivity contribution in [3.8, 4) is 28.5 Å². The molecule has 51 heavy (non-hydrogen) atoms. The number of carbonyl (C=O) groups excluding carboxylic acids is 1. The van der Waals surface area contributed by atoms with E-state index in [4.69, 9.17) is 4.98 Å². The van der Waals surface area contributed by atoms with E-state index in [-0.39, 0.29) is 28.9 Å². The molecule has 5 aromatic rings. The summed E-state index contributed by atoms with van der Waals surface area (Å²) in [6, 6.07) is 19.9. The SMILES string of the molecule is CN1C(=O)C2(CCN(C3(CC#N)CC(NC(=O)O)C3)CC2)c2c1cnc1c2c(-c2ccccc2)c(-c2cnn(C)c2)n1S(=O)(=O)c1ccccc1. The van der Waals surface area contributed by atoms with Gasteiger partial charge in [0.15, 0.2) is 5.65 Å². The van der Waals surface area contributed by atoms with Crippen molar-refractivity contribution in [3.05, 3.63) is 84.8 Å². The first-order chi connectivity index (χ1) is 24.5. The second-order valence-electron chi connectivity index (χ2n) is 13.8. The summed E-state index contributed by atoms with van der Waals surface area (Å²) in [6.07, 6.45) is 6.10. The van der Waals surface area contributed by atoms with Gasteiger partial charge in [0.05, 0.1) is 46.6 Å². The van der Waals surface area contributed by atoms with E-state index < -0.39 is 27.1 Å². The third-order valence-corrected chi connectivity index (χ3v) is 12.8. The fourth-order valence-corrected chi connectivity index (χ4v) is 10.2. The van der Waals surface area contributed by atoms with E-state index >= 15 is 0 Å². The number of amides is 2. The maximum absolute atomic E-state index is 14.8. The lowest BCUT2D eigenvalue weighted by Gasteiger charge is -2.56. The van der Waals surface area contributed by atoms with Crippen molar-refractivity contribution in [1.82, 2.24) is 29.0 Å². The van der Waals surface area contributed by atoms with Crippen LogP contribution in [0.15, 0.2) is 84.1 Å². The number of hydrogen-bond donors (Lipinski definition) is 2. The Morgan fingerprint density at radius 2 is 1.69 bits per heavy atom. The maximum Gasteiger partial charge on any atom is 0.404 e. The first-order valence-electron chi connectivity index (χ1n) is 16.8. The van der Waals surface area contributed by atoms with E-state index in [1.807, 2.05) is 30.3 Å². The number of aryl methyl sites for hydroxylation is 1. The predicted octanol–water partition coefficient (Wildman–Crippen LogP) is 4.73. The number of carboxylic acid groups (broad SMARTS) is 1. The molecule has 13 nitrogen and oxygen atoms in total. The van der Waals surface area contributed by atoms with E-state index in [1.165, 1.54) is 3.97 Å². The smallest absolute Gasteiger partial charge is 0.404 e. The molecule has 1 aliphatic carbocycles. The third-order valence-electron chi connectivity index (χ3n) is 11.1. The molecule has 1 saturated carbocycles. The Balaban J connectivity index is 1.36. The molecule has 2 aliphatic heterocycles. The quantitative estimate of drug-likeness (QED) is 0.244. The van der Waals surface area contributed by atoms with E-state index in [1.54, 1.807) is 72.6 Å². The van der Waals surface area contributed by atoms with E-state index in [9.17, 15) is 28.4 Å². The van der Waals surface area contributed by atoms with Crippen LogP contribution in [0.1, 0.15) is 37.7 Å². The Labute approximate surface area is 294 Å². The van der Waals surface area contributed by atoms with Crippen molar-refractivity contribution in [2.24, 2.45) is 7.05 Å². The molecule has 0 radical (unpaired) electrons. The molecule has 2 amide bonds. The van der Waals surface area contributed by atoms with Gasteiger partial charge in [-0.05, 0) is 43.4 Å². The van der Waals surface area contributed by atoms with Crippen molar-refractivity contribution in [2.75, 3.05) is 25.0 Å². The number of nitrogens with zero attached hydrogens (tertiary/aromatic N) is 7. The van der Waals surface area contributed by atoms with E-state index in [0.29, 0.717) is 66.7 Å². The van der Waals surface area contributed by atoms with Crippen LogP contribution in [-0.4, -0.2) is 80.9 Å². The number of carbonyl (C=O) groups is 2. The lowest BCUT2D eigenvalue weighted by Crippen LogP contribution is -2.65. The first kappa shape index (κ1) is 32.7. The fraction of sp³-hybridized carbons (Fsp3) is 0.324. The van der Waals surface area contributed by atoms with Crippen molar-refractivity contribution in [1.29, 1.82) is 5.26 Å². The van der Waals surface area contributed by atoms with Crippen LogP contribution in [0, 0.1) is 11.3 Å². The zero-order valence-electron chi connectivity index (χ0n) is 28.2. The minimum absolute atomic E-state index is 0.0829. The number of likely N-dealkylation sites (N-methyl/N-ethyl adjacent to an activating group) is 1. The number of anilines is 1. The number of rotatable bonds is 7. The second kappa shape index (κ2) is 11.8. The van der Waals surface area contributed by atoms with Gasteiger partial charge in [-0.25, -0.2) is 22.2 Å². The monoisotopic (exact) mass is 704 g/mol. The topological polar surface area (TPSA) is 166 Å². The van der Waals surface area contributed by atoms with E-state index in [2.05, 4.69) is 21.4 Å². The van der Waals surface area contributed by atoms with Crippen molar-refractivity contribution in [2.45, 2.75) is 54.0 Å². The Morgan fingerprint density at radius 3 is 2.29 bits per heavy atom. The molecule has 8 rings (SSSR count). The Hall–Kier alpha value is -5.52. The zero-order valence-corrected chi connectivity index (χ0v) is 29.0. The molecule has 1 saturated heterocycles. The number of aromatic nitrogens is 4. The molecular formula is C37H36N8O5S. The van der Waals surface area contributed by atoms with Gasteiger partial charge >= 0.3 is 6.09 Å². The molecule has 3 aliphatic rings. The van der Waals surface area contributed by atoms with Gasteiger partial charge < -0.3 is 15.3 Å². The molecule has 2 aromatic carbocycles. The molecular weight excluding hydrogens is 669 g/mol. The summed E-state index contributed by atoms with van der Waals surface area (Å²) in [5.74, 6) is -0.0829. The summed E-state index contributed by atoms with van der Waals surface area (Å²) in [7, 11) is -0.706. The largest absolute Gasteiger partial charge is 0.465 e. The van der Waals surface area contributed by atoms with Gasteiger partial charge in [0.25, 0.3) is 10.0 Å². The van der Waals surface area contributed by atoms with Crippen LogP contribution in [0.25, 0.3) is 33.4 Å². The highest BCUT2D eigenvalue weighted by atomic mass is 32.2. The van der Waals surface area contributed by atoms with Gasteiger partial charge in [-0.1, -0.05) is 48.5 Å². The number of hydrogen-bond acceptors (Lipinski definition) is 8. The Morgan fingerprint density at radius 1 is 1.02 bits per heavy atom. The van der Waals surface area contributed by atoms with Crippen LogP contribution in [0.4, 0.5) is 10.5 Å². The van der Waals surface area contributed by atoms with Crippen molar-refractivity contribution in [3.63, 3.8) is 0 Å². The summed E-state index contributed by atoms with van der Waals surface area (Å²) in [5, 5.41) is 26.6. The Kier molecular flexibility index (Phi) is 7.55. The molecule has 0 atom stereocenters. The van der Waals surface area contributed by atoms with Crippen molar-refractivity contribution < 1.29 is 23.1 Å².